The van der Waals surface area contributed by atoms with Gasteiger partial charge in [-0.1, -0.05) is 46.8 Å². The number of H-pyrrole nitrogens is 1. The van der Waals surface area contributed by atoms with Crippen LogP contribution >= 0.6 is 0 Å². The van der Waals surface area contributed by atoms with Crippen LogP contribution in [0.2, 0.25) is 0 Å². The van der Waals surface area contributed by atoms with Crippen molar-refractivity contribution in [3.8, 4) is 0 Å². The van der Waals surface area contributed by atoms with Gasteiger partial charge in [0.2, 0.25) is 0 Å². The molecule has 0 amide bonds. The molecule has 1 fully saturated rings. The van der Waals surface area contributed by atoms with E-state index in [1.165, 1.54) is 16.8 Å². The Kier molecular flexibility index (Phi) is 9.42. The normalized spacial score (nSPS) is 22.9. The average Bonchev–Trinajstić information content (AvgIpc) is 2.95. The van der Waals surface area contributed by atoms with E-state index in [0.717, 1.165) is 18.4 Å². The first-order chi connectivity index (χ1) is 10.5. The van der Waals surface area contributed by atoms with Crippen molar-refractivity contribution in [3.05, 3.63) is 45.3 Å². The summed E-state index contributed by atoms with van der Waals surface area (Å²) in [4.78, 5) is 25.1. The van der Waals surface area contributed by atoms with Crippen molar-refractivity contribution in [3.63, 3.8) is 0 Å². The minimum atomic E-state index is -0.435. The van der Waals surface area contributed by atoms with Crippen molar-refractivity contribution in [1.29, 1.82) is 0 Å². The molecule has 5 nitrogen and oxygen atoms in total. The summed E-state index contributed by atoms with van der Waals surface area (Å²) < 4.78 is 7.31. The fourth-order valence-corrected chi connectivity index (χ4v) is 2.34. The van der Waals surface area contributed by atoms with Crippen molar-refractivity contribution < 1.29 is 4.74 Å². The molecular formula is C17H30N2O3. The van der Waals surface area contributed by atoms with Crippen LogP contribution in [0.4, 0.5) is 0 Å². The van der Waals surface area contributed by atoms with E-state index < -0.39 is 11.2 Å². The van der Waals surface area contributed by atoms with E-state index in [-0.39, 0.29) is 18.2 Å². The maximum atomic E-state index is 11.8. The van der Waals surface area contributed by atoms with Gasteiger partial charge in [0, 0.05) is 18.2 Å². The van der Waals surface area contributed by atoms with Crippen molar-refractivity contribution in [1.82, 2.24) is 9.55 Å². The van der Waals surface area contributed by atoms with Gasteiger partial charge in [-0.25, -0.2) is 4.79 Å². The van der Waals surface area contributed by atoms with Gasteiger partial charge in [-0.2, -0.15) is 0 Å². The fourth-order valence-electron chi connectivity index (χ4n) is 2.34. The molecular weight excluding hydrogens is 280 g/mol. The average molecular weight is 310 g/mol. The zero-order chi connectivity index (χ0) is 17.3. The SMILES string of the molecule is C=C(C)C1CC(CC)OC1n1ccc(=O)[nH]c1=O.CC.CC. The molecule has 1 aromatic heterocycles. The summed E-state index contributed by atoms with van der Waals surface area (Å²) in [5.41, 5.74) is 0.165. The van der Waals surface area contributed by atoms with Crippen LogP contribution in [-0.2, 0) is 4.74 Å². The van der Waals surface area contributed by atoms with Crippen LogP contribution in [0.15, 0.2) is 34.0 Å². The zero-order valence-corrected chi connectivity index (χ0v) is 14.7. The third-order valence-corrected chi connectivity index (χ3v) is 3.41. The number of aromatic nitrogens is 2. The van der Waals surface area contributed by atoms with E-state index >= 15 is 0 Å². The summed E-state index contributed by atoms with van der Waals surface area (Å²) in [5, 5.41) is 0. The van der Waals surface area contributed by atoms with Gasteiger partial charge in [-0.15, -0.1) is 0 Å². The van der Waals surface area contributed by atoms with Gasteiger partial charge in [0.25, 0.3) is 5.56 Å². The number of nitrogens with zero attached hydrogens (tertiary/aromatic N) is 1. The monoisotopic (exact) mass is 310 g/mol. The standard InChI is InChI=1S/C13H18N2O3.2C2H6/c1-4-9-7-10(8(2)3)12(18-9)15-6-5-11(16)14-13(15)17;2*1-2/h5-6,9-10,12H,2,4,7H2,1,3H3,(H,14,16,17);2*1-2H3. The summed E-state index contributed by atoms with van der Waals surface area (Å²) in [6, 6.07) is 1.33. The van der Waals surface area contributed by atoms with E-state index in [2.05, 4.69) is 18.5 Å². The maximum Gasteiger partial charge on any atom is 0.330 e. The largest absolute Gasteiger partial charge is 0.354 e. The quantitative estimate of drug-likeness (QED) is 0.869. The molecule has 126 valence electrons. The van der Waals surface area contributed by atoms with Crippen LogP contribution in [0.25, 0.3) is 0 Å². The first-order valence-electron chi connectivity index (χ1n) is 8.15. The number of ether oxygens (including phenoxy) is 1. The number of hydrogen-bond acceptors (Lipinski definition) is 3. The second-order valence-electron chi connectivity index (χ2n) is 4.76. The minimum Gasteiger partial charge on any atom is -0.354 e. The molecule has 22 heavy (non-hydrogen) atoms. The van der Waals surface area contributed by atoms with Gasteiger partial charge in [-0.05, 0) is 19.8 Å². The molecule has 2 rings (SSSR count). The van der Waals surface area contributed by atoms with E-state index in [1.54, 1.807) is 0 Å². The molecule has 1 aromatic rings. The van der Waals surface area contributed by atoms with Crippen LogP contribution in [0.1, 0.15) is 60.6 Å². The third-order valence-electron chi connectivity index (χ3n) is 3.41. The highest BCUT2D eigenvalue weighted by atomic mass is 16.5. The van der Waals surface area contributed by atoms with E-state index in [0.29, 0.717) is 0 Å². The molecule has 0 bridgehead atoms. The molecule has 0 aromatic carbocycles. The lowest BCUT2D eigenvalue weighted by Gasteiger charge is -2.20. The van der Waals surface area contributed by atoms with Crippen LogP contribution in [0, 0.1) is 5.92 Å². The van der Waals surface area contributed by atoms with Gasteiger partial charge in [0.15, 0.2) is 0 Å². The number of aromatic amines is 1. The molecule has 3 atom stereocenters. The van der Waals surface area contributed by atoms with Crippen LogP contribution in [-0.4, -0.2) is 15.7 Å². The summed E-state index contributed by atoms with van der Waals surface area (Å²) in [6.45, 7) is 16.0. The Morgan fingerprint density at radius 2 is 1.95 bits per heavy atom. The molecule has 0 saturated carbocycles. The lowest BCUT2D eigenvalue weighted by Crippen LogP contribution is -2.33. The molecule has 1 saturated heterocycles. The highest BCUT2D eigenvalue weighted by Crippen LogP contribution is 2.38. The molecule has 1 aliphatic rings. The van der Waals surface area contributed by atoms with Gasteiger partial charge < -0.3 is 4.74 Å². The van der Waals surface area contributed by atoms with Gasteiger partial charge >= 0.3 is 5.69 Å². The predicted octanol–water partition coefficient (Wildman–Crippen LogP) is 3.48. The number of nitrogens with one attached hydrogen (secondary N) is 1. The highest BCUT2D eigenvalue weighted by molar-refractivity contribution is 5.03. The first-order valence-corrected chi connectivity index (χ1v) is 8.15. The van der Waals surface area contributed by atoms with E-state index in [1.807, 2.05) is 34.6 Å². The molecule has 1 aliphatic heterocycles. The Hall–Kier alpha value is -1.62. The lowest BCUT2D eigenvalue weighted by atomic mass is 9.95. The number of rotatable bonds is 3. The Labute approximate surface area is 133 Å². The van der Waals surface area contributed by atoms with Gasteiger partial charge in [0.05, 0.1) is 6.10 Å². The fraction of sp³-hybridized carbons (Fsp3) is 0.647. The van der Waals surface area contributed by atoms with Crippen LogP contribution < -0.4 is 11.2 Å². The third kappa shape index (κ3) is 4.98. The van der Waals surface area contributed by atoms with Crippen LogP contribution in [0.3, 0.4) is 0 Å². The Bertz CT molecular complexity index is 560. The Balaban J connectivity index is 0.00000102. The maximum absolute atomic E-state index is 11.8. The zero-order valence-electron chi connectivity index (χ0n) is 14.7. The summed E-state index contributed by atoms with van der Waals surface area (Å²) in [5.74, 6) is 0.110. The van der Waals surface area contributed by atoms with Crippen molar-refractivity contribution in [2.75, 3.05) is 0 Å². The van der Waals surface area contributed by atoms with E-state index in [4.69, 9.17) is 4.74 Å². The molecule has 0 aliphatic carbocycles. The molecule has 1 N–H and O–H groups in total. The first kappa shape index (κ1) is 20.4. The predicted molar refractivity (Wildman–Crippen MR) is 91.1 cm³/mol. The van der Waals surface area contributed by atoms with Gasteiger partial charge in [-0.3, -0.25) is 14.3 Å². The summed E-state index contributed by atoms with van der Waals surface area (Å²) in [7, 11) is 0. The number of hydrogen-bond donors (Lipinski definition) is 1. The Morgan fingerprint density at radius 3 is 2.41 bits per heavy atom. The second kappa shape index (κ2) is 10.2. The summed E-state index contributed by atoms with van der Waals surface area (Å²) >= 11 is 0. The minimum absolute atomic E-state index is 0.110. The summed E-state index contributed by atoms with van der Waals surface area (Å²) in [6.07, 6.45) is 3.02. The molecule has 2 heterocycles. The molecule has 3 unspecified atom stereocenters. The molecule has 0 radical (unpaired) electrons. The lowest BCUT2D eigenvalue weighted by molar-refractivity contribution is -0.0120. The smallest absolute Gasteiger partial charge is 0.330 e. The van der Waals surface area contributed by atoms with Crippen molar-refractivity contribution in [2.45, 2.75) is 66.7 Å². The van der Waals surface area contributed by atoms with Crippen molar-refractivity contribution >= 4 is 0 Å². The van der Waals surface area contributed by atoms with Crippen LogP contribution in [0.5, 0.6) is 0 Å². The molecule has 0 spiro atoms. The van der Waals surface area contributed by atoms with E-state index in [9.17, 15) is 9.59 Å². The van der Waals surface area contributed by atoms with Crippen molar-refractivity contribution in [2.24, 2.45) is 5.92 Å². The second-order valence-corrected chi connectivity index (χ2v) is 4.76. The molecule has 5 heteroatoms. The Morgan fingerprint density at radius 1 is 1.36 bits per heavy atom. The highest BCUT2D eigenvalue weighted by Gasteiger charge is 2.36. The van der Waals surface area contributed by atoms with Gasteiger partial charge in [0.1, 0.15) is 6.23 Å². The topological polar surface area (TPSA) is 64.1 Å².